The summed E-state index contributed by atoms with van der Waals surface area (Å²) >= 11 is 1.70. The average Bonchev–Trinajstić information content (AvgIpc) is 2.74. The molecule has 0 aliphatic rings. The van der Waals surface area contributed by atoms with Crippen LogP contribution in [0.4, 0.5) is 4.39 Å². The third-order valence-corrected chi connectivity index (χ3v) is 5.58. The van der Waals surface area contributed by atoms with E-state index in [1.165, 1.54) is 17.7 Å². The van der Waals surface area contributed by atoms with Crippen molar-refractivity contribution in [3.8, 4) is 0 Å². The molecule has 0 saturated heterocycles. The van der Waals surface area contributed by atoms with Gasteiger partial charge in [-0.05, 0) is 36.6 Å². The number of thioether (sulfide) groups is 1. The summed E-state index contributed by atoms with van der Waals surface area (Å²) in [6.45, 7) is 4.58. The van der Waals surface area contributed by atoms with Gasteiger partial charge in [-0.1, -0.05) is 49.4 Å². The molecule has 0 aromatic heterocycles. The van der Waals surface area contributed by atoms with E-state index in [-0.39, 0.29) is 24.2 Å². The Balaban J connectivity index is 1.97. The molecule has 0 bridgehead atoms. The van der Waals surface area contributed by atoms with Crippen LogP contribution < -0.4 is 5.32 Å². The fourth-order valence-electron chi connectivity index (χ4n) is 2.83. The topological polar surface area (TPSA) is 49.4 Å². The molecular weight excluding hydrogens is 387 g/mol. The Kier molecular flexibility index (Phi) is 9.71. The quantitative estimate of drug-likeness (QED) is 0.553. The number of carbonyl (C=O) groups is 2. The molecule has 156 valence electrons. The predicted molar refractivity (Wildman–Crippen MR) is 117 cm³/mol. The first-order chi connectivity index (χ1) is 14.0. The van der Waals surface area contributed by atoms with Gasteiger partial charge in [-0.2, -0.15) is 11.8 Å². The highest BCUT2D eigenvalue weighted by Gasteiger charge is 2.25. The third kappa shape index (κ3) is 7.89. The van der Waals surface area contributed by atoms with Gasteiger partial charge in [-0.25, -0.2) is 4.39 Å². The SMILES string of the molecule is CCCNC(=O)C(C)N(Cc1ccc(F)cc1)C(=O)CCSCc1ccccc1. The zero-order chi connectivity index (χ0) is 21.1. The van der Waals surface area contributed by atoms with Crippen LogP contribution in [0, 0.1) is 5.82 Å². The highest BCUT2D eigenvalue weighted by atomic mass is 32.2. The van der Waals surface area contributed by atoms with Crippen LogP contribution in [0.15, 0.2) is 54.6 Å². The van der Waals surface area contributed by atoms with Crippen LogP contribution in [-0.2, 0) is 21.9 Å². The van der Waals surface area contributed by atoms with Crippen molar-refractivity contribution in [2.24, 2.45) is 0 Å². The van der Waals surface area contributed by atoms with Crippen LogP contribution in [0.3, 0.4) is 0 Å². The van der Waals surface area contributed by atoms with Crippen molar-refractivity contribution in [2.45, 2.75) is 45.0 Å². The number of nitrogens with zero attached hydrogens (tertiary/aromatic N) is 1. The van der Waals surface area contributed by atoms with Gasteiger partial charge in [0, 0.05) is 31.0 Å². The number of nitrogens with one attached hydrogen (secondary N) is 1. The van der Waals surface area contributed by atoms with E-state index < -0.39 is 6.04 Å². The monoisotopic (exact) mass is 416 g/mol. The Bertz CT molecular complexity index is 768. The molecule has 0 saturated carbocycles. The summed E-state index contributed by atoms with van der Waals surface area (Å²) in [5.74, 6) is 0.959. The average molecular weight is 417 g/mol. The molecule has 6 heteroatoms. The molecule has 0 heterocycles. The van der Waals surface area contributed by atoms with Crippen LogP contribution in [0.1, 0.15) is 37.8 Å². The Labute approximate surface area is 176 Å². The number of hydrogen-bond acceptors (Lipinski definition) is 3. The number of amides is 2. The van der Waals surface area contributed by atoms with Gasteiger partial charge in [-0.3, -0.25) is 9.59 Å². The first-order valence-corrected chi connectivity index (χ1v) is 11.1. The van der Waals surface area contributed by atoms with E-state index in [0.717, 1.165) is 17.7 Å². The van der Waals surface area contributed by atoms with Crippen molar-refractivity contribution in [1.29, 1.82) is 0 Å². The highest BCUT2D eigenvalue weighted by molar-refractivity contribution is 7.98. The number of hydrogen-bond donors (Lipinski definition) is 1. The lowest BCUT2D eigenvalue weighted by Gasteiger charge is -2.29. The summed E-state index contributed by atoms with van der Waals surface area (Å²) in [6.07, 6.45) is 1.19. The Morgan fingerprint density at radius 1 is 1.07 bits per heavy atom. The molecule has 1 N–H and O–H groups in total. The molecule has 2 aromatic rings. The summed E-state index contributed by atoms with van der Waals surface area (Å²) in [5.41, 5.74) is 2.02. The fraction of sp³-hybridized carbons (Fsp3) is 0.391. The van der Waals surface area contributed by atoms with Crippen molar-refractivity contribution in [3.05, 3.63) is 71.5 Å². The molecule has 0 fully saturated rings. The zero-order valence-electron chi connectivity index (χ0n) is 17.1. The fourth-order valence-corrected chi connectivity index (χ4v) is 3.72. The van der Waals surface area contributed by atoms with Gasteiger partial charge in [0.2, 0.25) is 11.8 Å². The molecule has 0 aliphatic carbocycles. The van der Waals surface area contributed by atoms with E-state index in [0.29, 0.717) is 18.7 Å². The first kappa shape index (κ1) is 22.9. The van der Waals surface area contributed by atoms with Gasteiger partial charge in [0.1, 0.15) is 11.9 Å². The molecule has 2 amide bonds. The molecule has 2 aromatic carbocycles. The maximum atomic E-state index is 13.2. The Morgan fingerprint density at radius 2 is 1.76 bits per heavy atom. The summed E-state index contributed by atoms with van der Waals surface area (Å²) in [6, 6.07) is 15.6. The van der Waals surface area contributed by atoms with Gasteiger partial charge in [0.05, 0.1) is 0 Å². The van der Waals surface area contributed by atoms with Crippen molar-refractivity contribution in [2.75, 3.05) is 12.3 Å². The van der Waals surface area contributed by atoms with E-state index in [1.807, 2.05) is 25.1 Å². The Hall–Kier alpha value is -2.34. The highest BCUT2D eigenvalue weighted by Crippen LogP contribution is 2.16. The number of halogens is 1. The summed E-state index contributed by atoms with van der Waals surface area (Å²) < 4.78 is 13.2. The molecule has 1 unspecified atom stereocenters. The standard InChI is InChI=1S/C23H29FN2O2S/c1-3-14-25-23(28)18(2)26(16-19-9-11-21(24)12-10-19)22(27)13-15-29-17-20-7-5-4-6-8-20/h4-12,18H,3,13-17H2,1-2H3,(H,25,28). The predicted octanol–water partition coefficient (Wildman–Crippen LogP) is 4.39. The smallest absolute Gasteiger partial charge is 0.242 e. The second-order valence-electron chi connectivity index (χ2n) is 6.90. The normalized spacial score (nSPS) is 11.7. The zero-order valence-corrected chi connectivity index (χ0v) is 17.9. The lowest BCUT2D eigenvalue weighted by atomic mass is 10.1. The van der Waals surface area contributed by atoms with Gasteiger partial charge < -0.3 is 10.2 Å². The van der Waals surface area contributed by atoms with E-state index >= 15 is 0 Å². The molecule has 0 aliphatic heterocycles. The summed E-state index contributed by atoms with van der Waals surface area (Å²) in [7, 11) is 0. The maximum Gasteiger partial charge on any atom is 0.242 e. The lowest BCUT2D eigenvalue weighted by molar-refractivity contribution is -0.140. The molecule has 0 spiro atoms. The van der Waals surface area contributed by atoms with Crippen LogP contribution in [-0.4, -0.2) is 35.1 Å². The molecule has 29 heavy (non-hydrogen) atoms. The second kappa shape index (κ2) is 12.3. The van der Waals surface area contributed by atoms with Crippen molar-refractivity contribution < 1.29 is 14.0 Å². The van der Waals surface area contributed by atoms with Gasteiger partial charge in [0.15, 0.2) is 0 Å². The van der Waals surface area contributed by atoms with Crippen molar-refractivity contribution in [3.63, 3.8) is 0 Å². The second-order valence-corrected chi connectivity index (χ2v) is 8.01. The minimum Gasteiger partial charge on any atom is -0.354 e. The molecular formula is C23H29FN2O2S. The van der Waals surface area contributed by atoms with Gasteiger partial charge >= 0.3 is 0 Å². The van der Waals surface area contributed by atoms with Crippen molar-refractivity contribution >= 4 is 23.6 Å². The van der Waals surface area contributed by atoms with Gasteiger partial charge in [0.25, 0.3) is 0 Å². The molecule has 0 radical (unpaired) electrons. The summed E-state index contributed by atoms with van der Waals surface area (Å²) in [4.78, 5) is 26.9. The number of carbonyl (C=O) groups excluding carboxylic acids is 2. The van der Waals surface area contributed by atoms with Crippen LogP contribution >= 0.6 is 11.8 Å². The van der Waals surface area contributed by atoms with Crippen LogP contribution in [0.2, 0.25) is 0 Å². The van der Waals surface area contributed by atoms with Gasteiger partial charge in [-0.15, -0.1) is 0 Å². The number of benzene rings is 2. The maximum absolute atomic E-state index is 13.2. The van der Waals surface area contributed by atoms with E-state index in [9.17, 15) is 14.0 Å². The van der Waals surface area contributed by atoms with Crippen LogP contribution in [0.25, 0.3) is 0 Å². The lowest BCUT2D eigenvalue weighted by Crippen LogP contribution is -2.47. The minimum absolute atomic E-state index is 0.0750. The largest absolute Gasteiger partial charge is 0.354 e. The molecule has 4 nitrogen and oxygen atoms in total. The van der Waals surface area contributed by atoms with Crippen molar-refractivity contribution in [1.82, 2.24) is 10.2 Å². The van der Waals surface area contributed by atoms with E-state index in [1.54, 1.807) is 35.7 Å². The minimum atomic E-state index is -0.585. The third-order valence-electron chi connectivity index (χ3n) is 4.55. The molecule has 2 rings (SSSR count). The Morgan fingerprint density at radius 3 is 2.41 bits per heavy atom. The van der Waals surface area contributed by atoms with E-state index in [2.05, 4.69) is 17.4 Å². The summed E-state index contributed by atoms with van der Waals surface area (Å²) in [5, 5.41) is 2.85. The van der Waals surface area contributed by atoms with E-state index in [4.69, 9.17) is 0 Å². The van der Waals surface area contributed by atoms with Crippen LogP contribution in [0.5, 0.6) is 0 Å². The molecule has 1 atom stereocenters. The number of rotatable bonds is 11. The first-order valence-electron chi connectivity index (χ1n) is 9.94.